The molecule has 2 atom stereocenters. The molecule has 1 aliphatic heterocycles. The first kappa shape index (κ1) is 17.8. The van der Waals surface area contributed by atoms with E-state index in [2.05, 4.69) is 44.4 Å². The Kier molecular flexibility index (Phi) is 4.97. The van der Waals surface area contributed by atoms with Gasteiger partial charge in [0.15, 0.2) is 0 Å². The molecule has 0 radical (unpaired) electrons. The molecule has 0 saturated carbocycles. The number of rotatable bonds is 5. The van der Waals surface area contributed by atoms with Crippen molar-refractivity contribution in [1.29, 1.82) is 5.26 Å². The second-order valence-corrected chi connectivity index (χ2v) is 7.31. The van der Waals surface area contributed by atoms with Gasteiger partial charge in [0, 0.05) is 24.8 Å². The number of anilines is 2. The van der Waals surface area contributed by atoms with E-state index in [-0.39, 0.29) is 0 Å². The highest BCUT2D eigenvalue weighted by molar-refractivity contribution is 6.33. The van der Waals surface area contributed by atoms with E-state index in [9.17, 15) is 0 Å². The Morgan fingerprint density at radius 2 is 2.15 bits per heavy atom. The first-order chi connectivity index (χ1) is 13.2. The van der Waals surface area contributed by atoms with Gasteiger partial charge in [-0.1, -0.05) is 18.5 Å². The summed E-state index contributed by atoms with van der Waals surface area (Å²) >= 11 is 6.28. The molecule has 4 rings (SSSR count). The van der Waals surface area contributed by atoms with Gasteiger partial charge in [-0.25, -0.2) is 9.97 Å². The average Bonchev–Trinajstić information content (AvgIpc) is 3.31. The summed E-state index contributed by atoms with van der Waals surface area (Å²) in [6, 6.07) is 10.4. The Hall–Kier alpha value is -2.62. The van der Waals surface area contributed by atoms with Gasteiger partial charge in [0.2, 0.25) is 0 Å². The summed E-state index contributed by atoms with van der Waals surface area (Å²) < 4.78 is 2.18. The number of nitrogens with one attached hydrogen (secondary N) is 2. The van der Waals surface area contributed by atoms with Crippen LogP contribution in [0.5, 0.6) is 0 Å². The molecule has 1 aromatic carbocycles. The van der Waals surface area contributed by atoms with Gasteiger partial charge in [-0.15, -0.1) is 0 Å². The number of hydrogen-bond acceptors (Lipinski definition) is 5. The maximum Gasteiger partial charge on any atom is 0.145 e. The molecule has 7 heteroatoms. The predicted octanol–water partition coefficient (Wildman–Crippen LogP) is 4.23. The van der Waals surface area contributed by atoms with E-state index in [0.29, 0.717) is 34.2 Å². The summed E-state index contributed by atoms with van der Waals surface area (Å²) in [4.78, 5) is 8.86. The van der Waals surface area contributed by atoms with Crippen molar-refractivity contribution in [1.82, 2.24) is 19.9 Å². The molecule has 27 heavy (non-hydrogen) atoms. The van der Waals surface area contributed by atoms with Gasteiger partial charge in [0.1, 0.15) is 17.8 Å². The molecule has 0 aliphatic carbocycles. The molecule has 2 unspecified atom stereocenters. The number of hydrogen-bond donors (Lipinski definition) is 2. The predicted molar refractivity (Wildman–Crippen MR) is 107 cm³/mol. The Balaban J connectivity index is 1.58. The van der Waals surface area contributed by atoms with Crippen LogP contribution in [-0.4, -0.2) is 26.6 Å². The zero-order valence-electron chi connectivity index (χ0n) is 15.1. The lowest BCUT2D eigenvalue weighted by Gasteiger charge is -2.14. The smallest absolute Gasteiger partial charge is 0.145 e. The van der Waals surface area contributed by atoms with Gasteiger partial charge in [0.25, 0.3) is 0 Å². The highest BCUT2D eigenvalue weighted by Gasteiger charge is 2.23. The third-order valence-corrected chi connectivity index (χ3v) is 5.46. The molecule has 6 nitrogen and oxygen atoms in total. The van der Waals surface area contributed by atoms with Crippen LogP contribution < -0.4 is 10.6 Å². The van der Waals surface area contributed by atoms with E-state index >= 15 is 0 Å². The van der Waals surface area contributed by atoms with E-state index in [1.54, 1.807) is 24.5 Å². The molecule has 0 bridgehead atoms. The molecule has 1 fully saturated rings. The van der Waals surface area contributed by atoms with Crippen molar-refractivity contribution in [2.24, 2.45) is 0 Å². The molecule has 1 aliphatic rings. The minimum absolute atomic E-state index is 0.477. The van der Waals surface area contributed by atoms with Gasteiger partial charge in [-0.2, -0.15) is 5.26 Å². The maximum absolute atomic E-state index is 8.98. The molecule has 138 valence electrons. The van der Waals surface area contributed by atoms with Crippen LogP contribution in [0.3, 0.4) is 0 Å². The van der Waals surface area contributed by atoms with Crippen molar-refractivity contribution in [3.63, 3.8) is 0 Å². The lowest BCUT2D eigenvalue weighted by atomic mass is 10.1. The fraction of sp³-hybridized carbons (Fsp3) is 0.350. The monoisotopic (exact) mass is 380 g/mol. The average molecular weight is 381 g/mol. The summed E-state index contributed by atoms with van der Waals surface area (Å²) in [6.07, 6.45) is 7.22. The van der Waals surface area contributed by atoms with E-state index < -0.39 is 0 Å². The Morgan fingerprint density at radius 3 is 2.89 bits per heavy atom. The number of nitriles is 1. The third-order valence-electron chi connectivity index (χ3n) is 5.15. The van der Waals surface area contributed by atoms with Crippen LogP contribution in [0.2, 0.25) is 5.02 Å². The minimum atomic E-state index is 0.477. The number of fused-ring (bicyclic) bond motifs is 1. The zero-order valence-corrected chi connectivity index (χ0v) is 15.9. The summed E-state index contributed by atoms with van der Waals surface area (Å²) in [5.74, 6) is 0.705. The fourth-order valence-corrected chi connectivity index (χ4v) is 3.90. The van der Waals surface area contributed by atoms with E-state index in [4.69, 9.17) is 16.9 Å². The van der Waals surface area contributed by atoms with Gasteiger partial charge < -0.3 is 15.2 Å². The Labute approximate surface area is 163 Å². The van der Waals surface area contributed by atoms with Gasteiger partial charge >= 0.3 is 0 Å². The summed E-state index contributed by atoms with van der Waals surface area (Å²) in [7, 11) is 0. The van der Waals surface area contributed by atoms with Crippen molar-refractivity contribution in [2.45, 2.75) is 44.8 Å². The lowest BCUT2D eigenvalue weighted by molar-refractivity contribution is 0.477. The van der Waals surface area contributed by atoms with Crippen molar-refractivity contribution >= 4 is 34.1 Å². The van der Waals surface area contributed by atoms with Crippen LogP contribution in [0, 0.1) is 11.3 Å². The van der Waals surface area contributed by atoms with E-state index in [0.717, 1.165) is 17.6 Å². The van der Waals surface area contributed by atoms with Crippen molar-refractivity contribution in [3.05, 3.63) is 47.4 Å². The second kappa shape index (κ2) is 7.55. The lowest BCUT2D eigenvalue weighted by Crippen LogP contribution is -2.32. The molecule has 3 heterocycles. The van der Waals surface area contributed by atoms with Crippen molar-refractivity contribution in [2.75, 3.05) is 5.32 Å². The first-order valence-corrected chi connectivity index (χ1v) is 9.58. The van der Waals surface area contributed by atoms with Crippen LogP contribution in [0.25, 0.3) is 11.0 Å². The minimum Gasteiger partial charge on any atom is -0.338 e. The molecule has 2 aromatic heterocycles. The topological polar surface area (TPSA) is 78.6 Å². The number of benzene rings is 1. The van der Waals surface area contributed by atoms with Crippen LogP contribution in [0.4, 0.5) is 11.5 Å². The Morgan fingerprint density at radius 1 is 1.30 bits per heavy atom. The Bertz CT molecular complexity index is 1010. The summed E-state index contributed by atoms with van der Waals surface area (Å²) in [5, 5.41) is 17.4. The first-order valence-electron chi connectivity index (χ1n) is 9.20. The van der Waals surface area contributed by atoms with Crippen LogP contribution in [0.1, 0.15) is 31.7 Å². The SMILES string of the molecule is CCC1CCC(Cn2ccc3c(Nc4ccc(C#N)cc4Cl)ncnc32)N1. The van der Waals surface area contributed by atoms with Crippen molar-refractivity contribution in [3.8, 4) is 6.07 Å². The van der Waals surface area contributed by atoms with Crippen LogP contribution in [0.15, 0.2) is 36.8 Å². The second-order valence-electron chi connectivity index (χ2n) is 6.91. The quantitative estimate of drug-likeness (QED) is 0.692. The normalized spacial score (nSPS) is 19.3. The fourth-order valence-electron chi connectivity index (χ4n) is 3.67. The molecular weight excluding hydrogens is 360 g/mol. The molecule has 2 N–H and O–H groups in total. The molecule has 0 amide bonds. The third kappa shape index (κ3) is 3.61. The summed E-state index contributed by atoms with van der Waals surface area (Å²) in [5.41, 5.74) is 2.14. The molecule has 3 aromatic rings. The molecule has 1 saturated heterocycles. The van der Waals surface area contributed by atoms with Crippen molar-refractivity contribution < 1.29 is 0 Å². The number of halogens is 1. The summed E-state index contributed by atoms with van der Waals surface area (Å²) in [6.45, 7) is 3.12. The number of nitrogens with zero attached hydrogens (tertiary/aromatic N) is 4. The van der Waals surface area contributed by atoms with E-state index in [1.807, 2.05) is 6.07 Å². The van der Waals surface area contributed by atoms with Crippen LogP contribution in [-0.2, 0) is 6.54 Å². The largest absolute Gasteiger partial charge is 0.338 e. The number of aromatic nitrogens is 3. The molecular formula is C20H21ClN6. The molecule has 0 spiro atoms. The highest BCUT2D eigenvalue weighted by Crippen LogP contribution is 2.29. The standard InChI is InChI=1S/C20H21ClN6/c1-2-14-4-5-15(25-14)11-27-8-7-16-19(23-12-24-20(16)27)26-18-6-3-13(10-22)9-17(18)21/h3,6-9,12,14-15,25H,2,4-5,11H2,1H3,(H,23,24,26). The van der Waals surface area contributed by atoms with Gasteiger partial charge in [-0.05, 0) is 43.5 Å². The van der Waals surface area contributed by atoms with E-state index in [1.165, 1.54) is 19.3 Å². The van der Waals surface area contributed by atoms with Gasteiger partial charge in [0.05, 0.1) is 27.7 Å². The maximum atomic E-state index is 8.98. The van der Waals surface area contributed by atoms with Gasteiger partial charge in [-0.3, -0.25) is 0 Å². The zero-order chi connectivity index (χ0) is 18.8. The highest BCUT2D eigenvalue weighted by atomic mass is 35.5. The van der Waals surface area contributed by atoms with Crippen LogP contribution >= 0.6 is 11.6 Å².